The molecule has 0 N–H and O–H groups in total. The minimum absolute atomic E-state index is 0.338. The van der Waals surface area contributed by atoms with Gasteiger partial charge < -0.3 is 4.74 Å². The van der Waals surface area contributed by atoms with Gasteiger partial charge in [-0.3, -0.25) is 4.68 Å². The van der Waals surface area contributed by atoms with E-state index in [1.165, 1.54) is 7.11 Å². The molecule has 1 rings (SSSR count). The van der Waals surface area contributed by atoms with Crippen molar-refractivity contribution in [3.8, 4) is 0 Å². The molecule has 0 amide bonds. The highest BCUT2D eigenvalue weighted by molar-refractivity contribution is 5.86. The highest BCUT2D eigenvalue weighted by Gasteiger charge is 2.06. The first-order valence-electron chi connectivity index (χ1n) is 2.82. The number of aromatic nitrogens is 2. The Morgan fingerprint density at radius 3 is 2.90 bits per heavy atom. The lowest BCUT2D eigenvalue weighted by Crippen LogP contribution is -2.02. The topological polar surface area (TPSA) is 44.1 Å². The van der Waals surface area contributed by atoms with E-state index in [0.717, 1.165) is 0 Å². The maximum absolute atomic E-state index is 10.7. The third-order valence-corrected chi connectivity index (χ3v) is 1.11. The number of methoxy groups -OCH3 is 1. The van der Waals surface area contributed by atoms with Gasteiger partial charge in [-0.25, -0.2) is 4.79 Å². The van der Waals surface area contributed by atoms with E-state index in [4.69, 9.17) is 0 Å². The molecule has 0 aliphatic rings. The van der Waals surface area contributed by atoms with Gasteiger partial charge >= 0.3 is 5.97 Å². The van der Waals surface area contributed by atoms with Crippen LogP contribution >= 0.6 is 0 Å². The Labute approximate surface area is 58.4 Å². The van der Waals surface area contributed by atoms with Gasteiger partial charge in [0.1, 0.15) is 0 Å². The summed E-state index contributed by atoms with van der Waals surface area (Å²) in [6.07, 6.45) is 1.69. The number of nitrogens with zero attached hydrogens (tertiary/aromatic N) is 2. The number of aryl methyl sites for hydroxylation is 1. The lowest BCUT2D eigenvalue weighted by molar-refractivity contribution is 0.0593. The Balaban J connectivity index is 2.85. The molecule has 1 aromatic rings. The van der Waals surface area contributed by atoms with Crippen molar-refractivity contribution in [2.24, 2.45) is 7.05 Å². The molecule has 0 radical (unpaired) electrons. The minimum atomic E-state index is -0.402. The first kappa shape index (κ1) is 6.80. The van der Waals surface area contributed by atoms with Crippen molar-refractivity contribution in [3.05, 3.63) is 18.0 Å². The average molecular weight is 140 g/mol. The number of ether oxygens (including phenoxy) is 1. The molecular formula is C6H8N2O2. The normalized spacial score (nSPS) is 9.40. The Hall–Kier alpha value is -1.32. The van der Waals surface area contributed by atoms with Crippen molar-refractivity contribution in [3.63, 3.8) is 0 Å². The molecule has 0 atom stereocenters. The summed E-state index contributed by atoms with van der Waals surface area (Å²) in [6, 6.07) is 1.60. The second-order valence-electron chi connectivity index (χ2n) is 1.87. The Morgan fingerprint density at radius 2 is 2.50 bits per heavy atom. The van der Waals surface area contributed by atoms with E-state index in [1.807, 2.05) is 0 Å². The van der Waals surface area contributed by atoms with Crippen LogP contribution in [-0.4, -0.2) is 22.9 Å². The van der Waals surface area contributed by atoms with Crippen molar-refractivity contribution < 1.29 is 9.53 Å². The summed E-state index contributed by atoms with van der Waals surface area (Å²) in [6.45, 7) is 0. The molecule has 1 aromatic heterocycles. The van der Waals surface area contributed by atoms with Crippen LogP contribution in [0.2, 0.25) is 0 Å². The first-order valence-corrected chi connectivity index (χ1v) is 2.82. The minimum Gasteiger partial charge on any atom is -0.464 e. The molecule has 0 fully saturated rings. The summed E-state index contributed by atoms with van der Waals surface area (Å²) in [5, 5.41) is 3.82. The van der Waals surface area contributed by atoms with Gasteiger partial charge in [-0.2, -0.15) is 5.10 Å². The average Bonchev–Trinajstić information content (AvgIpc) is 2.34. The van der Waals surface area contributed by atoms with E-state index < -0.39 is 5.97 Å². The van der Waals surface area contributed by atoms with Crippen LogP contribution in [0.1, 0.15) is 10.5 Å². The molecule has 0 aliphatic carbocycles. The maximum atomic E-state index is 10.7. The molecule has 54 valence electrons. The van der Waals surface area contributed by atoms with Gasteiger partial charge in [0.2, 0.25) is 0 Å². The number of carbonyl (C=O) groups is 1. The van der Waals surface area contributed by atoms with Crippen LogP contribution in [-0.2, 0) is 11.8 Å². The molecule has 0 unspecified atom stereocenters. The molecule has 10 heavy (non-hydrogen) atoms. The van der Waals surface area contributed by atoms with Crippen LogP contribution in [0.25, 0.3) is 0 Å². The van der Waals surface area contributed by atoms with E-state index in [9.17, 15) is 4.79 Å². The fourth-order valence-electron chi connectivity index (χ4n) is 0.629. The molecule has 4 heteroatoms. The van der Waals surface area contributed by atoms with E-state index in [1.54, 1.807) is 24.0 Å². The van der Waals surface area contributed by atoms with Gasteiger partial charge in [0.15, 0.2) is 5.69 Å². The van der Waals surface area contributed by atoms with Crippen LogP contribution in [0.4, 0.5) is 0 Å². The summed E-state index contributed by atoms with van der Waals surface area (Å²) in [4.78, 5) is 10.7. The van der Waals surface area contributed by atoms with Crippen molar-refractivity contribution in [1.29, 1.82) is 0 Å². The second kappa shape index (κ2) is 2.51. The van der Waals surface area contributed by atoms with Crippen LogP contribution in [0, 0.1) is 0 Å². The number of rotatable bonds is 1. The Bertz CT molecular complexity index is 242. The lowest BCUT2D eigenvalue weighted by Gasteiger charge is -1.90. The molecule has 1 heterocycles. The maximum Gasteiger partial charge on any atom is 0.358 e. The van der Waals surface area contributed by atoms with Crippen molar-refractivity contribution in [1.82, 2.24) is 9.78 Å². The summed E-state index contributed by atoms with van der Waals surface area (Å²) in [5.74, 6) is -0.402. The monoisotopic (exact) mass is 140 g/mol. The first-order chi connectivity index (χ1) is 4.74. The van der Waals surface area contributed by atoms with Gasteiger partial charge in [-0.15, -0.1) is 0 Å². The lowest BCUT2D eigenvalue weighted by atomic mass is 10.4. The fraction of sp³-hybridized carbons (Fsp3) is 0.333. The van der Waals surface area contributed by atoms with Crippen molar-refractivity contribution >= 4 is 5.97 Å². The zero-order valence-electron chi connectivity index (χ0n) is 5.87. The third-order valence-electron chi connectivity index (χ3n) is 1.11. The van der Waals surface area contributed by atoms with Crippen LogP contribution in [0.3, 0.4) is 0 Å². The predicted octanol–water partition coefficient (Wildman–Crippen LogP) is 0.207. The number of hydrogen-bond acceptors (Lipinski definition) is 3. The van der Waals surface area contributed by atoms with Crippen molar-refractivity contribution in [2.75, 3.05) is 7.11 Å². The van der Waals surface area contributed by atoms with Gasteiger partial charge in [0.05, 0.1) is 7.11 Å². The molecule has 0 saturated carbocycles. The molecule has 0 saturated heterocycles. The van der Waals surface area contributed by atoms with Gasteiger partial charge in [0.25, 0.3) is 0 Å². The van der Waals surface area contributed by atoms with E-state index in [2.05, 4.69) is 9.84 Å². The number of esters is 1. The quantitative estimate of drug-likeness (QED) is 0.523. The second-order valence-corrected chi connectivity index (χ2v) is 1.87. The van der Waals surface area contributed by atoms with Crippen LogP contribution < -0.4 is 0 Å². The third kappa shape index (κ3) is 1.15. The Kier molecular flexibility index (Phi) is 1.71. The summed E-state index contributed by atoms with van der Waals surface area (Å²) < 4.78 is 5.98. The highest BCUT2D eigenvalue weighted by Crippen LogP contribution is 1.94. The van der Waals surface area contributed by atoms with Gasteiger partial charge in [0, 0.05) is 13.2 Å². The van der Waals surface area contributed by atoms with E-state index in [0.29, 0.717) is 5.69 Å². The highest BCUT2D eigenvalue weighted by atomic mass is 16.5. The van der Waals surface area contributed by atoms with Crippen LogP contribution in [0.15, 0.2) is 12.3 Å². The smallest absolute Gasteiger partial charge is 0.358 e. The summed E-state index contributed by atoms with van der Waals surface area (Å²) >= 11 is 0. The molecule has 0 spiro atoms. The largest absolute Gasteiger partial charge is 0.464 e. The van der Waals surface area contributed by atoms with E-state index >= 15 is 0 Å². The molecule has 0 aliphatic heterocycles. The van der Waals surface area contributed by atoms with Crippen LogP contribution in [0.5, 0.6) is 0 Å². The number of carbonyl (C=O) groups excluding carboxylic acids is 1. The Morgan fingerprint density at radius 1 is 1.80 bits per heavy atom. The standard InChI is InChI=1S/C6H8N2O2/c1-8-4-3-5(7-8)6(9)10-2/h3-4H,1-2H3. The summed E-state index contributed by atoms with van der Waals surface area (Å²) in [5.41, 5.74) is 0.338. The SMILES string of the molecule is COC(=O)c1ccn(C)n1. The molecule has 0 bridgehead atoms. The molecular weight excluding hydrogens is 132 g/mol. The molecule has 4 nitrogen and oxygen atoms in total. The number of hydrogen-bond donors (Lipinski definition) is 0. The fourth-order valence-corrected chi connectivity index (χ4v) is 0.629. The van der Waals surface area contributed by atoms with Gasteiger partial charge in [-0.1, -0.05) is 0 Å². The zero-order valence-corrected chi connectivity index (χ0v) is 5.87. The predicted molar refractivity (Wildman–Crippen MR) is 34.5 cm³/mol. The summed E-state index contributed by atoms with van der Waals surface area (Å²) in [7, 11) is 3.07. The van der Waals surface area contributed by atoms with Gasteiger partial charge in [-0.05, 0) is 6.07 Å². The van der Waals surface area contributed by atoms with E-state index in [-0.39, 0.29) is 0 Å². The van der Waals surface area contributed by atoms with Crippen molar-refractivity contribution in [2.45, 2.75) is 0 Å². The zero-order chi connectivity index (χ0) is 7.56. The molecule has 0 aromatic carbocycles.